The van der Waals surface area contributed by atoms with Crippen LogP contribution in [0.25, 0.3) is 0 Å². The highest BCUT2D eigenvalue weighted by Crippen LogP contribution is 1.93. The Morgan fingerprint density at radius 3 is 1.62 bits per heavy atom. The van der Waals surface area contributed by atoms with Gasteiger partial charge in [-0.15, -0.1) is 0 Å². The Morgan fingerprint density at radius 2 is 1.38 bits per heavy atom. The molecule has 0 aliphatic rings. The number of hydrogen-bond acceptors (Lipinski definition) is 3. The van der Waals surface area contributed by atoms with Crippen molar-refractivity contribution >= 4 is 0 Å². The van der Waals surface area contributed by atoms with E-state index in [9.17, 15) is 0 Å². The van der Waals surface area contributed by atoms with Crippen LogP contribution in [0.2, 0.25) is 0 Å². The average molecular weight is 120 g/mol. The van der Waals surface area contributed by atoms with Crippen molar-refractivity contribution in [1.82, 2.24) is 0 Å². The van der Waals surface area contributed by atoms with E-state index < -0.39 is 6.10 Å². The van der Waals surface area contributed by atoms with Crippen LogP contribution in [-0.2, 0) is 0 Å². The lowest BCUT2D eigenvalue weighted by Gasteiger charge is -2.03. The zero-order chi connectivity index (χ0) is 6.41. The molecular weight excluding hydrogens is 108 g/mol. The third-order valence-corrected chi connectivity index (χ3v) is 0.925. The van der Waals surface area contributed by atoms with E-state index in [1.807, 2.05) is 0 Å². The number of hydrogen-bond donors (Lipinski definition) is 3. The van der Waals surface area contributed by atoms with Gasteiger partial charge in [-0.1, -0.05) is 0 Å². The Labute approximate surface area is 48.6 Å². The van der Waals surface area contributed by atoms with Crippen LogP contribution in [-0.4, -0.2) is 34.6 Å². The van der Waals surface area contributed by atoms with E-state index in [1.54, 1.807) is 0 Å². The SMILES string of the molecule is OCCC(O)CCO. The summed E-state index contributed by atoms with van der Waals surface area (Å²) in [6, 6.07) is 0. The van der Waals surface area contributed by atoms with Gasteiger partial charge in [0.25, 0.3) is 0 Å². The summed E-state index contributed by atoms with van der Waals surface area (Å²) in [5.74, 6) is 0. The van der Waals surface area contributed by atoms with Gasteiger partial charge in [0.1, 0.15) is 0 Å². The van der Waals surface area contributed by atoms with Crippen LogP contribution in [0.1, 0.15) is 12.8 Å². The fourth-order valence-corrected chi connectivity index (χ4v) is 0.442. The maximum Gasteiger partial charge on any atom is 0.0583 e. The van der Waals surface area contributed by atoms with E-state index >= 15 is 0 Å². The van der Waals surface area contributed by atoms with Crippen molar-refractivity contribution in [2.45, 2.75) is 18.9 Å². The number of aliphatic hydroxyl groups excluding tert-OH is 3. The van der Waals surface area contributed by atoms with E-state index in [2.05, 4.69) is 0 Å². The summed E-state index contributed by atoms with van der Waals surface area (Å²) in [4.78, 5) is 0. The molecule has 0 amide bonds. The number of aliphatic hydroxyl groups is 3. The van der Waals surface area contributed by atoms with Crippen molar-refractivity contribution < 1.29 is 15.3 Å². The summed E-state index contributed by atoms with van der Waals surface area (Å²) in [5.41, 5.74) is 0. The molecule has 3 N–H and O–H groups in total. The molecule has 3 heteroatoms. The third kappa shape index (κ3) is 4.05. The van der Waals surface area contributed by atoms with Crippen LogP contribution in [0.4, 0.5) is 0 Å². The monoisotopic (exact) mass is 120 g/mol. The van der Waals surface area contributed by atoms with E-state index in [4.69, 9.17) is 15.3 Å². The fraction of sp³-hybridized carbons (Fsp3) is 1.00. The highest BCUT2D eigenvalue weighted by atomic mass is 16.3. The molecule has 0 bridgehead atoms. The van der Waals surface area contributed by atoms with E-state index in [-0.39, 0.29) is 13.2 Å². The minimum Gasteiger partial charge on any atom is -0.396 e. The lowest BCUT2D eigenvalue weighted by Crippen LogP contribution is -2.10. The molecule has 0 rings (SSSR count). The average Bonchev–Trinajstić information content (AvgIpc) is 1.68. The van der Waals surface area contributed by atoms with E-state index in [0.29, 0.717) is 12.8 Å². The summed E-state index contributed by atoms with van der Waals surface area (Å²) in [6.07, 6.45) is 0.186. The minimum atomic E-state index is -0.537. The standard InChI is InChI=1S/C5H12O3/c6-3-1-5(8)2-4-7/h5-8H,1-4H2. The van der Waals surface area contributed by atoms with Crippen molar-refractivity contribution in [3.05, 3.63) is 0 Å². The molecule has 3 nitrogen and oxygen atoms in total. The van der Waals surface area contributed by atoms with Crippen LogP contribution in [0.3, 0.4) is 0 Å². The van der Waals surface area contributed by atoms with Crippen molar-refractivity contribution in [1.29, 1.82) is 0 Å². The van der Waals surface area contributed by atoms with Crippen molar-refractivity contribution in [3.63, 3.8) is 0 Å². The Balaban J connectivity index is 2.92. The highest BCUT2D eigenvalue weighted by molar-refractivity contribution is 4.51. The molecule has 0 aliphatic carbocycles. The van der Waals surface area contributed by atoms with Gasteiger partial charge >= 0.3 is 0 Å². The fourth-order valence-electron chi connectivity index (χ4n) is 0.442. The topological polar surface area (TPSA) is 60.7 Å². The van der Waals surface area contributed by atoms with E-state index in [0.717, 1.165) is 0 Å². The Hall–Kier alpha value is -0.120. The molecule has 0 fully saturated rings. The van der Waals surface area contributed by atoms with Crippen LogP contribution in [0.15, 0.2) is 0 Å². The Bertz CT molecular complexity index is 40.9. The van der Waals surface area contributed by atoms with Gasteiger partial charge < -0.3 is 15.3 Å². The minimum absolute atomic E-state index is 0.0127. The van der Waals surface area contributed by atoms with Gasteiger partial charge in [-0.2, -0.15) is 0 Å². The second-order valence-corrected chi connectivity index (χ2v) is 1.68. The van der Waals surface area contributed by atoms with Gasteiger partial charge in [0.2, 0.25) is 0 Å². The first kappa shape index (κ1) is 7.88. The molecule has 50 valence electrons. The van der Waals surface area contributed by atoms with Crippen LogP contribution in [0, 0.1) is 0 Å². The number of rotatable bonds is 4. The summed E-state index contributed by atoms with van der Waals surface area (Å²) in [5, 5.41) is 25.2. The first-order valence-electron chi connectivity index (χ1n) is 2.71. The van der Waals surface area contributed by atoms with Crippen molar-refractivity contribution in [3.8, 4) is 0 Å². The molecule has 0 aromatic rings. The lowest BCUT2D eigenvalue weighted by molar-refractivity contribution is 0.104. The van der Waals surface area contributed by atoms with Gasteiger partial charge in [0.15, 0.2) is 0 Å². The molecule has 0 unspecified atom stereocenters. The second-order valence-electron chi connectivity index (χ2n) is 1.68. The molecule has 0 aliphatic heterocycles. The third-order valence-electron chi connectivity index (χ3n) is 0.925. The van der Waals surface area contributed by atoms with Gasteiger partial charge in [0, 0.05) is 13.2 Å². The van der Waals surface area contributed by atoms with Gasteiger partial charge in [-0.25, -0.2) is 0 Å². The lowest BCUT2D eigenvalue weighted by atomic mass is 10.2. The largest absolute Gasteiger partial charge is 0.396 e. The van der Waals surface area contributed by atoms with Gasteiger partial charge in [-0.05, 0) is 12.8 Å². The normalized spacial score (nSPS) is 10.5. The summed E-state index contributed by atoms with van der Waals surface area (Å²) >= 11 is 0. The maximum atomic E-state index is 8.73. The van der Waals surface area contributed by atoms with E-state index in [1.165, 1.54) is 0 Å². The smallest absolute Gasteiger partial charge is 0.0583 e. The first-order valence-corrected chi connectivity index (χ1v) is 2.71. The molecule has 8 heavy (non-hydrogen) atoms. The van der Waals surface area contributed by atoms with Gasteiger partial charge in [0.05, 0.1) is 6.10 Å². The van der Waals surface area contributed by atoms with Crippen molar-refractivity contribution in [2.75, 3.05) is 13.2 Å². The van der Waals surface area contributed by atoms with Gasteiger partial charge in [-0.3, -0.25) is 0 Å². The molecule has 0 saturated heterocycles. The Kier molecular flexibility index (Phi) is 4.95. The zero-order valence-corrected chi connectivity index (χ0v) is 4.75. The molecule has 0 heterocycles. The molecule has 0 aromatic heterocycles. The second kappa shape index (κ2) is 5.03. The molecular formula is C5H12O3. The highest BCUT2D eigenvalue weighted by Gasteiger charge is 1.99. The Morgan fingerprint density at radius 1 is 1.00 bits per heavy atom. The summed E-state index contributed by atoms with van der Waals surface area (Å²) < 4.78 is 0. The first-order chi connectivity index (χ1) is 3.81. The molecule has 0 spiro atoms. The predicted molar refractivity (Wildman–Crippen MR) is 29.4 cm³/mol. The molecule has 0 radical (unpaired) electrons. The molecule has 0 atom stereocenters. The van der Waals surface area contributed by atoms with Crippen molar-refractivity contribution in [2.24, 2.45) is 0 Å². The molecule has 0 saturated carbocycles. The maximum absolute atomic E-state index is 8.73. The summed E-state index contributed by atoms with van der Waals surface area (Å²) in [6.45, 7) is -0.0255. The molecule has 0 aromatic carbocycles. The zero-order valence-electron chi connectivity index (χ0n) is 4.75. The van der Waals surface area contributed by atoms with Crippen LogP contribution >= 0.6 is 0 Å². The van der Waals surface area contributed by atoms with Crippen LogP contribution in [0.5, 0.6) is 0 Å². The quantitative estimate of drug-likeness (QED) is 0.451. The predicted octanol–water partition coefficient (Wildman–Crippen LogP) is -0.888. The van der Waals surface area contributed by atoms with Crippen LogP contribution < -0.4 is 0 Å². The summed E-state index contributed by atoms with van der Waals surface area (Å²) in [7, 11) is 0.